The highest BCUT2D eigenvalue weighted by molar-refractivity contribution is 5.84. The predicted octanol–water partition coefficient (Wildman–Crippen LogP) is 3.71. The van der Waals surface area contributed by atoms with Gasteiger partial charge in [0.2, 0.25) is 5.91 Å². The van der Waals surface area contributed by atoms with Crippen LogP contribution in [-0.4, -0.2) is 41.9 Å². The number of rotatable bonds is 3. The number of hydrogen-bond acceptors (Lipinski definition) is 3. The van der Waals surface area contributed by atoms with E-state index >= 15 is 0 Å². The molecule has 2 aromatic rings. The molecule has 1 aliphatic carbocycles. The first-order valence-electron chi connectivity index (χ1n) is 10.3. The molecule has 1 amide bonds. The van der Waals surface area contributed by atoms with Crippen LogP contribution in [0.5, 0.6) is 0 Å². The van der Waals surface area contributed by atoms with Crippen molar-refractivity contribution in [2.45, 2.75) is 38.1 Å². The molecule has 0 saturated carbocycles. The van der Waals surface area contributed by atoms with Gasteiger partial charge in [-0.2, -0.15) is 5.26 Å². The molecule has 144 valence electrons. The van der Waals surface area contributed by atoms with Gasteiger partial charge in [-0.15, -0.1) is 0 Å². The third-order valence-electron chi connectivity index (χ3n) is 6.06. The van der Waals surface area contributed by atoms with E-state index in [-0.39, 0.29) is 5.92 Å². The zero-order chi connectivity index (χ0) is 19.3. The van der Waals surface area contributed by atoms with Crippen LogP contribution in [-0.2, 0) is 17.8 Å². The van der Waals surface area contributed by atoms with Crippen LogP contribution in [0.3, 0.4) is 0 Å². The summed E-state index contributed by atoms with van der Waals surface area (Å²) in [6.45, 7) is 4.43. The van der Waals surface area contributed by atoms with Crippen LogP contribution >= 0.6 is 0 Å². The molecule has 1 saturated heterocycles. The van der Waals surface area contributed by atoms with Gasteiger partial charge in [-0.1, -0.05) is 36.4 Å². The summed E-state index contributed by atoms with van der Waals surface area (Å²) in [5.74, 6) is 0.349. The molecule has 1 atom stereocenters. The summed E-state index contributed by atoms with van der Waals surface area (Å²) >= 11 is 0. The molecular weight excluding hydrogens is 346 g/mol. The Balaban J connectivity index is 1.39. The molecule has 4 rings (SSSR count). The van der Waals surface area contributed by atoms with E-state index in [1.807, 2.05) is 24.3 Å². The van der Waals surface area contributed by atoms with E-state index in [0.717, 1.165) is 58.4 Å². The lowest BCUT2D eigenvalue weighted by Crippen LogP contribution is -2.39. The van der Waals surface area contributed by atoms with Gasteiger partial charge in [0.15, 0.2) is 0 Å². The molecule has 4 heteroatoms. The zero-order valence-corrected chi connectivity index (χ0v) is 16.3. The largest absolute Gasteiger partial charge is 0.341 e. The molecule has 2 aliphatic rings. The zero-order valence-electron chi connectivity index (χ0n) is 16.3. The Morgan fingerprint density at radius 3 is 2.64 bits per heavy atom. The van der Waals surface area contributed by atoms with Crippen molar-refractivity contribution in [2.24, 2.45) is 0 Å². The maximum Gasteiger partial charge on any atom is 0.230 e. The van der Waals surface area contributed by atoms with Gasteiger partial charge in [-0.05, 0) is 54.5 Å². The van der Waals surface area contributed by atoms with Gasteiger partial charge in [-0.25, -0.2) is 0 Å². The maximum absolute atomic E-state index is 13.3. The van der Waals surface area contributed by atoms with E-state index < -0.39 is 0 Å². The Morgan fingerprint density at radius 2 is 1.82 bits per heavy atom. The van der Waals surface area contributed by atoms with Crippen LogP contribution in [0.25, 0.3) is 0 Å². The minimum atomic E-state index is 0.0371. The molecule has 28 heavy (non-hydrogen) atoms. The van der Waals surface area contributed by atoms with Crippen LogP contribution in [0, 0.1) is 11.3 Å². The van der Waals surface area contributed by atoms with Crippen molar-refractivity contribution in [2.75, 3.05) is 26.2 Å². The van der Waals surface area contributed by atoms with Gasteiger partial charge in [0, 0.05) is 32.7 Å². The van der Waals surface area contributed by atoms with Gasteiger partial charge in [0.05, 0.1) is 17.6 Å². The first kappa shape index (κ1) is 18.7. The molecule has 2 aromatic carbocycles. The smallest absolute Gasteiger partial charge is 0.230 e. The van der Waals surface area contributed by atoms with E-state index in [4.69, 9.17) is 5.26 Å². The summed E-state index contributed by atoms with van der Waals surface area (Å²) in [5.41, 5.74) is 4.52. The first-order valence-corrected chi connectivity index (χ1v) is 10.3. The number of aryl methyl sites for hydroxylation is 1. The van der Waals surface area contributed by atoms with Gasteiger partial charge in [0.25, 0.3) is 0 Å². The van der Waals surface area contributed by atoms with Crippen molar-refractivity contribution >= 4 is 5.91 Å². The first-order chi connectivity index (χ1) is 13.7. The minimum Gasteiger partial charge on any atom is -0.341 e. The molecule has 1 unspecified atom stereocenters. The van der Waals surface area contributed by atoms with E-state index in [1.54, 1.807) is 0 Å². The molecular formula is C24H27N3O. The quantitative estimate of drug-likeness (QED) is 0.824. The number of nitrogens with zero attached hydrogens (tertiary/aromatic N) is 3. The minimum absolute atomic E-state index is 0.0371. The predicted molar refractivity (Wildman–Crippen MR) is 110 cm³/mol. The highest BCUT2D eigenvalue weighted by Gasteiger charge is 2.30. The van der Waals surface area contributed by atoms with Crippen molar-refractivity contribution in [3.05, 3.63) is 70.8 Å². The molecule has 1 heterocycles. The van der Waals surface area contributed by atoms with Crippen molar-refractivity contribution < 1.29 is 4.79 Å². The Bertz CT molecular complexity index is 868. The van der Waals surface area contributed by atoms with Gasteiger partial charge in [0.1, 0.15) is 0 Å². The van der Waals surface area contributed by atoms with Gasteiger partial charge >= 0.3 is 0 Å². The van der Waals surface area contributed by atoms with E-state index in [2.05, 4.69) is 40.1 Å². The number of nitriles is 1. The number of carbonyl (C=O) groups excluding carboxylic acids is 1. The number of hydrogen-bond donors (Lipinski definition) is 0. The fraction of sp³-hybridized carbons (Fsp3) is 0.417. The van der Waals surface area contributed by atoms with Crippen molar-refractivity contribution in [1.29, 1.82) is 5.26 Å². The average Bonchev–Trinajstić information content (AvgIpc) is 2.99. The molecule has 0 aromatic heterocycles. The normalized spacial score (nSPS) is 20.1. The summed E-state index contributed by atoms with van der Waals surface area (Å²) in [6, 6.07) is 18.5. The molecule has 1 aliphatic heterocycles. The van der Waals surface area contributed by atoms with Gasteiger partial charge < -0.3 is 4.90 Å². The van der Waals surface area contributed by atoms with E-state index in [1.165, 1.54) is 16.7 Å². The molecule has 0 N–H and O–H groups in total. The second kappa shape index (κ2) is 8.58. The Morgan fingerprint density at radius 1 is 1.00 bits per heavy atom. The second-order valence-electron chi connectivity index (χ2n) is 7.91. The molecule has 0 radical (unpaired) electrons. The number of amides is 1. The number of benzene rings is 2. The Kier molecular flexibility index (Phi) is 5.73. The lowest BCUT2D eigenvalue weighted by Gasteiger charge is -2.30. The fourth-order valence-electron chi connectivity index (χ4n) is 4.52. The molecule has 4 nitrogen and oxygen atoms in total. The van der Waals surface area contributed by atoms with Crippen LogP contribution in [0.4, 0.5) is 0 Å². The van der Waals surface area contributed by atoms with Gasteiger partial charge in [-0.3, -0.25) is 9.69 Å². The third kappa shape index (κ3) is 4.10. The number of carbonyl (C=O) groups is 1. The SMILES string of the molecule is N#Cc1ccc(CN2CCCN(C(=O)C3CCCc4ccccc43)CC2)cc1. The summed E-state index contributed by atoms with van der Waals surface area (Å²) < 4.78 is 0. The maximum atomic E-state index is 13.3. The van der Waals surface area contributed by atoms with Crippen molar-refractivity contribution in [1.82, 2.24) is 9.80 Å². The standard InChI is InChI=1S/C24H27N3O/c25-17-19-9-11-20(12-10-19)18-26-13-4-14-27(16-15-26)24(28)23-8-3-6-21-5-1-2-7-22(21)23/h1-2,5,7,9-12,23H,3-4,6,8,13-16,18H2. The highest BCUT2D eigenvalue weighted by atomic mass is 16.2. The molecule has 0 bridgehead atoms. The number of fused-ring (bicyclic) bond motifs is 1. The Hall–Kier alpha value is -2.64. The van der Waals surface area contributed by atoms with E-state index in [9.17, 15) is 4.79 Å². The lowest BCUT2D eigenvalue weighted by atomic mass is 9.82. The summed E-state index contributed by atoms with van der Waals surface area (Å²) in [6.07, 6.45) is 4.18. The summed E-state index contributed by atoms with van der Waals surface area (Å²) in [5, 5.41) is 8.94. The lowest BCUT2D eigenvalue weighted by molar-refractivity contribution is -0.133. The topological polar surface area (TPSA) is 47.3 Å². The molecule has 1 fully saturated rings. The van der Waals surface area contributed by atoms with Crippen LogP contribution in [0.15, 0.2) is 48.5 Å². The van der Waals surface area contributed by atoms with E-state index in [0.29, 0.717) is 11.5 Å². The Labute approximate surface area is 167 Å². The van der Waals surface area contributed by atoms with Crippen LogP contribution in [0.1, 0.15) is 47.4 Å². The van der Waals surface area contributed by atoms with Crippen molar-refractivity contribution in [3.63, 3.8) is 0 Å². The van der Waals surface area contributed by atoms with Crippen LogP contribution < -0.4 is 0 Å². The summed E-state index contributed by atoms with van der Waals surface area (Å²) in [4.78, 5) is 17.8. The second-order valence-corrected chi connectivity index (χ2v) is 7.91. The monoisotopic (exact) mass is 373 g/mol. The highest BCUT2D eigenvalue weighted by Crippen LogP contribution is 2.33. The average molecular weight is 374 g/mol. The van der Waals surface area contributed by atoms with Crippen molar-refractivity contribution in [3.8, 4) is 6.07 Å². The fourth-order valence-corrected chi connectivity index (χ4v) is 4.52. The molecule has 0 spiro atoms. The third-order valence-corrected chi connectivity index (χ3v) is 6.06. The summed E-state index contributed by atoms with van der Waals surface area (Å²) in [7, 11) is 0. The van der Waals surface area contributed by atoms with Crippen LogP contribution in [0.2, 0.25) is 0 Å².